The molecule has 0 saturated carbocycles. The molecule has 2 rings (SSSR count). The number of nitrogens with zero attached hydrogens (tertiary/aromatic N) is 3. The molecule has 1 fully saturated rings. The van der Waals surface area contributed by atoms with E-state index in [1.165, 1.54) is 19.3 Å². The van der Waals surface area contributed by atoms with E-state index in [4.69, 9.17) is 0 Å². The fourth-order valence-corrected chi connectivity index (χ4v) is 3.02. The topological polar surface area (TPSA) is 52.0 Å². The molecule has 0 radical (unpaired) electrons. The number of nitrogens with one attached hydrogen (secondary N) is 1. The number of pyridine rings is 1. The van der Waals surface area contributed by atoms with Crippen LogP contribution in [0.1, 0.15) is 49.9 Å². The van der Waals surface area contributed by atoms with Crippen LogP contribution < -0.4 is 10.2 Å². The number of nitriles is 1. The van der Waals surface area contributed by atoms with Gasteiger partial charge in [0.1, 0.15) is 11.9 Å². The third-order valence-corrected chi connectivity index (χ3v) is 4.16. The lowest BCUT2D eigenvalue weighted by molar-refractivity contribution is 0.392. The lowest BCUT2D eigenvalue weighted by Gasteiger charge is -2.34. The molecule has 1 N–H and O–H groups in total. The lowest BCUT2D eigenvalue weighted by Crippen LogP contribution is -2.46. The number of aryl methyl sites for hydroxylation is 2. The zero-order chi connectivity index (χ0) is 15.4. The molecular weight excluding hydrogens is 260 g/mol. The molecule has 4 nitrogen and oxygen atoms in total. The van der Waals surface area contributed by atoms with Crippen LogP contribution in [-0.2, 0) is 0 Å². The van der Waals surface area contributed by atoms with E-state index in [0.29, 0.717) is 17.6 Å². The van der Waals surface area contributed by atoms with Crippen molar-refractivity contribution in [3.05, 3.63) is 22.9 Å². The SMILES string of the molecule is Cc1cc(C)c(C#N)c(N(CC2CCCCN2)C(C)C)n1. The highest BCUT2D eigenvalue weighted by molar-refractivity contribution is 5.58. The standard InChI is InChI=1S/C17H26N4/c1-12(2)21(11-15-7-5-6-8-19-15)17-16(10-18)13(3)9-14(4)20-17/h9,12,15,19H,5-8,11H2,1-4H3. The van der Waals surface area contributed by atoms with Crippen molar-refractivity contribution in [1.29, 1.82) is 5.26 Å². The molecule has 1 aliphatic heterocycles. The molecular formula is C17H26N4. The molecule has 21 heavy (non-hydrogen) atoms. The number of hydrogen-bond donors (Lipinski definition) is 1. The maximum absolute atomic E-state index is 9.49. The van der Waals surface area contributed by atoms with Crippen molar-refractivity contribution in [1.82, 2.24) is 10.3 Å². The van der Waals surface area contributed by atoms with Crippen LogP contribution in [0, 0.1) is 25.2 Å². The lowest BCUT2D eigenvalue weighted by atomic mass is 10.0. The van der Waals surface area contributed by atoms with E-state index in [2.05, 4.69) is 35.1 Å². The van der Waals surface area contributed by atoms with Gasteiger partial charge in [0.05, 0.1) is 5.56 Å². The van der Waals surface area contributed by atoms with Gasteiger partial charge in [0.2, 0.25) is 0 Å². The molecule has 1 saturated heterocycles. The molecule has 114 valence electrons. The van der Waals surface area contributed by atoms with Crippen molar-refractivity contribution >= 4 is 5.82 Å². The maximum Gasteiger partial charge on any atom is 0.147 e. The fraction of sp³-hybridized carbons (Fsp3) is 0.647. The van der Waals surface area contributed by atoms with Gasteiger partial charge in [-0.1, -0.05) is 6.42 Å². The van der Waals surface area contributed by atoms with Gasteiger partial charge in [0, 0.05) is 24.3 Å². The predicted octanol–water partition coefficient (Wildman–Crippen LogP) is 2.93. The summed E-state index contributed by atoms with van der Waals surface area (Å²) in [5.74, 6) is 0.845. The monoisotopic (exact) mass is 286 g/mol. The van der Waals surface area contributed by atoms with Crippen LogP contribution in [0.2, 0.25) is 0 Å². The average Bonchev–Trinajstić information content (AvgIpc) is 2.45. The van der Waals surface area contributed by atoms with E-state index in [1.54, 1.807) is 0 Å². The summed E-state index contributed by atoms with van der Waals surface area (Å²) in [5.41, 5.74) is 2.70. The Balaban J connectivity index is 2.31. The minimum Gasteiger partial charge on any atom is -0.352 e. The van der Waals surface area contributed by atoms with Crippen molar-refractivity contribution in [3.63, 3.8) is 0 Å². The number of aromatic nitrogens is 1. The summed E-state index contributed by atoms with van der Waals surface area (Å²) >= 11 is 0. The summed E-state index contributed by atoms with van der Waals surface area (Å²) in [6, 6.07) is 5.15. The molecule has 4 heteroatoms. The molecule has 0 amide bonds. The number of hydrogen-bond acceptors (Lipinski definition) is 4. The summed E-state index contributed by atoms with van der Waals surface area (Å²) in [7, 11) is 0. The molecule has 0 aliphatic carbocycles. The Hall–Kier alpha value is -1.60. The molecule has 1 atom stereocenters. The van der Waals surface area contributed by atoms with Crippen LogP contribution in [0.5, 0.6) is 0 Å². The van der Waals surface area contributed by atoms with Crippen LogP contribution in [0.4, 0.5) is 5.82 Å². The van der Waals surface area contributed by atoms with Crippen LogP contribution in [0.3, 0.4) is 0 Å². The third kappa shape index (κ3) is 3.74. The number of anilines is 1. The predicted molar refractivity (Wildman–Crippen MR) is 86.5 cm³/mol. The van der Waals surface area contributed by atoms with E-state index < -0.39 is 0 Å². The Morgan fingerprint density at radius 2 is 2.19 bits per heavy atom. The Kier molecular flexibility index (Phi) is 5.19. The molecule has 1 unspecified atom stereocenters. The van der Waals surface area contributed by atoms with E-state index >= 15 is 0 Å². The Morgan fingerprint density at radius 1 is 1.43 bits per heavy atom. The fourth-order valence-electron chi connectivity index (χ4n) is 3.02. The first-order valence-corrected chi connectivity index (χ1v) is 7.91. The van der Waals surface area contributed by atoms with Crippen LogP contribution in [-0.4, -0.2) is 30.2 Å². The van der Waals surface area contributed by atoms with Crippen molar-refractivity contribution in [2.45, 2.75) is 59.0 Å². The first-order chi connectivity index (χ1) is 10.0. The molecule has 1 aromatic rings. The van der Waals surface area contributed by atoms with Gasteiger partial charge in [0.15, 0.2) is 0 Å². The molecule has 0 bridgehead atoms. The first-order valence-electron chi connectivity index (χ1n) is 7.91. The zero-order valence-corrected chi connectivity index (χ0v) is 13.6. The Bertz CT molecular complexity index is 524. The van der Waals surface area contributed by atoms with Gasteiger partial charge in [-0.25, -0.2) is 4.98 Å². The van der Waals surface area contributed by atoms with E-state index in [1.807, 2.05) is 19.9 Å². The number of rotatable bonds is 4. The normalized spacial score (nSPS) is 18.6. The molecule has 1 aliphatic rings. The molecule has 2 heterocycles. The van der Waals surface area contributed by atoms with Gasteiger partial charge >= 0.3 is 0 Å². The quantitative estimate of drug-likeness (QED) is 0.924. The van der Waals surface area contributed by atoms with Gasteiger partial charge in [-0.05, 0) is 58.7 Å². The highest BCUT2D eigenvalue weighted by atomic mass is 15.2. The average molecular weight is 286 g/mol. The summed E-state index contributed by atoms with van der Waals surface area (Å²) in [6.07, 6.45) is 3.76. The van der Waals surface area contributed by atoms with Gasteiger partial charge in [0.25, 0.3) is 0 Å². The third-order valence-electron chi connectivity index (χ3n) is 4.16. The first kappa shape index (κ1) is 15.8. The second kappa shape index (κ2) is 6.91. The van der Waals surface area contributed by atoms with Gasteiger partial charge < -0.3 is 10.2 Å². The largest absolute Gasteiger partial charge is 0.352 e. The highest BCUT2D eigenvalue weighted by Gasteiger charge is 2.23. The molecule has 0 spiro atoms. The van der Waals surface area contributed by atoms with Gasteiger partial charge in [-0.2, -0.15) is 5.26 Å². The number of piperidine rings is 1. The maximum atomic E-state index is 9.49. The summed E-state index contributed by atoms with van der Waals surface area (Å²) in [5, 5.41) is 13.1. The Labute approximate surface area is 128 Å². The van der Waals surface area contributed by atoms with Crippen molar-refractivity contribution in [3.8, 4) is 6.07 Å². The van der Waals surface area contributed by atoms with E-state index in [-0.39, 0.29) is 0 Å². The van der Waals surface area contributed by atoms with E-state index in [0.717, 1.165) is 30.2 Å². The van der Waals surface area contributed by atoms with Crippen molar-refractivity contribution in [2.75, 3.05) is 18.0 Å². The second-order valence-electron chi connectivity index (χ2n) is 6.28. The van der Waals surface area contributed by atoms with Crippen LogP contribution in [0.25, 0.3) is 0 Å². The zero-order valence-electron chi connectivity index (χ0n) is 13.6. The van der Waals surface area contributed by atoms with Crippen molar-refractivity contribution < 1.29 is 0 Å². The second-order valence-corrected chi connectivity index (χ2v) is 6.28. The van der Waals surface area contributed by atoms with Crippen LogP contribution in [0.15, 0.2) is 6.07 Å². The summed E-state index contributed by atoms with van der Waals surface area (Å²) < 4.78 is 0. The minimum absolute atomic E-state index is 0.328. The van der Waals surface area contributed by atoms with Crippen LogP contribution >= 0.6 is 0 Å². The van der Waals surface area contributed by atoms with Crippen molar-refractivity contribution in [2.24, 2.45) is 0 Å². The highest BCUT2D eigenvalue weighted by Crippen LogP contribution is 2.24. The Morgan fingerprint density at radius 3 is 2.76 bits per heavy atom. The summed E-state index contributed by atoms with van der Waals surface area (Å²) in [6.45, 7) is 10.3. The summed E-state index contributed by atoms with van der Waals surface area (Å²) in [4.78, 5) is 6.95. The van der Waals surface area contributed by atoms with Gasteiger partial charge in [-0.3, -0.25) is 0 Å². The molecule has 0 aromatic carbocycles. The smallest absolute Gasteiger partial charge is 0.147 e. The molecule has 1 aromatic heterocycles. The van der Waals surface area contributed by atoms with E-state index in [9.17, 15) is 5.26 Å². The van der Waals surface area contributed by atoms with Gasteiger partial charge in [-0.15, -0.1) is 0 Å². The minimum atomic E-state index is 0.328.